The molecule has 0 amide bonds. The summed E-state index contributed by atoms with van der Waals surface area (Å²) in [5.74, 6) is 0.659. The molecule has 1 aliphatic heterocycles. The molecule has 4 heteroatoms. The Morgan fingerprint density at radius 3 is 3.06 bits per heavy atom. The average molecular weight is 238 g/mol. The van der Waals surface area contributed by atoms with Gasteiger partial charge in [0.25, 0.3) is 0 Å². The largest absolute Gasteiger partial charge is 0.491 e. The molecule has 0 saturated carbocycles. The second-order valence-electron chi connectivity index (χ2n) is 4.32. The highest BCUT2D eigenvalue weighted by atomic mass is 19.1. The van der Waals surface area contributed by atoms with E-state index in [1.165, 1.54) is 12.5 Å². The number of benzene rings is 1. The Hall–Kier alpha value is -1.29. The number of hydrogen-bond acceptors (Lipinski definition) is 3. The molecule has 2 N–H and O–H groups in total. The fraction of sp³-hybridized carbons (Fsp3) is 0.538. The van der Waals surface area contributed by atoms with Gasteiger partial charge in [0.15, 0.2) is 11.6 Å². The molecule has 1 fully saturated rings. The first-order chi connectivity index (χ1) is 8.29. The van der Waals surface area contributed by atoms with Crippen LogP contribution in [0.5, 0.6) is 5.75 Å². The van der Waals surface area contributed by atoms with Crippen molar-refractivity contribution in [3.05, 3.63) is 24.0 Å². The third kappa shape index (κ3) is 3.33. The highest BCUT2D eigenvalue weighted by Crippen LogP contribution is 2.21. The molecule has 94 valence electrons. The minimum atomic E-state index is -0.304. The smallest absolute Gasteiger partial charge is 0.167 e. The zero-order chi connectivity index (χ0) is 12.1. The van der Waals surface area contributed by atoms with E-state index in [0.29, 0.717) is 18.3 Å². The summed E-state index contributed by atoms with van der Waals surface area (Å²) in [4.78, 5) is 0. The molecule has 2 rings (SSSR count). The van der Waals surface area contributed by atoms with Crippen LogP contribution in [0.1, 0.15) is 13.3 Å². The highest BCUT2D eigenvalue weighted by molar-refractivity contribution is 5.47. The summed E-state index contributed by atoms with van der Waals surface area (Å²) < 4.78 is 18.7. The van der Waals surface area contributed by atoms with Gasteiger partial charge in [0.1, 0.15) is 0 Å². The van der Waals surface area contributed by atoms with Crippen LogP contribution in [0.25, 0.3) is 0 Å². The fourth-order valence-electron chi connectivity index (χ4n) is 2.03. The predicted octanol–water partition coefficient (Wildman–Crippen LogP) is 2.25. The second-order valence-corrected chi connectivity index (χ2v) is 4.32. The van der Waals surface area contributed by atoms with Gasteiger partial charge in [0.05, 0.1) is 6.61 Å². The molecular weight excluding hydrogens is 219 g/mol. The van der Waals surface area contributed by atoms with Crippen LogP contribution >= 0.6 is 0 Å². The molecule has 0 radical (unpaired) electrons. The quantitative estimate of drug-likeness (QED) is 0.825. The Labute approximate surface area is 101 Å². The molecule has 0 bridgehead atoms. The first-order valence-corrected chi connectivity index (χ1v) is 6.16. The molecule has 1 saturated heterocycles. The molecule has 17 heavy (non-hydrogen) atoms. The Morgan fingerprint density at radius 2 is 2.41 bits per heavy atom. The predicted molar refractivity (Wildman–Crippen MR) is 67.0 cm³/mol. The van der Waals surface area contributed by atoms with Gasteiger partial charge in [0.2, 0.25) is 0 Å². The Balaban J connectivity index is 1.90. The van der Waals surface area contributed by atoms with Crippen molar-refractivity contribution in [3.63, 3.8) is 0 Å². The standard InChI is InChI=1S/C13H19FN2O/c1-2-17-13-4-3-11(7-12(13)14)16-9-10-5-6-15-8-10/h3-4,7,10,15-16H,2,5-6,8-9H2,1H3. The van der Waals surface area contributed by atoms with Crippen molar-refractivity contribution in [1.82, 2.24) is 5.32 Å². The number of nitrogens with one attached hydrogen (secondary N) is 2. The van der Waals surface area contributed by atoms with Crippen molar-refractivity contribution in [1.29, 1.82) is 0 Å². The molecular formula is C13H19FN2O. The van der Waals surface area contributed by atoms with Crippen LogP contribution in [0.3, 0.4) is 0 Å². The van der Waals surface area contributed by atoms with Crippen molar-refractivity contribution in [2.24, 2.45) is 5.92 Å². The third-order valence-corrected chi connectivity index (χ3v) is 2.99. The summed E-state index contributed by atoms with van der Waals surface area (Å²) in [6.07, 6.45) is 1.19. The van der Waals surface area contributed by atoms with Crippen LogP contribution in [0.4, 0.5) is 10.1 Å². The first kappa shape index (κ1) is 12.2. The average Bonchev–Trinajstić information content (AvgIpc) is 2.83. The maximum Gasteiger partial charge on any atom is 0.167 e. The lowest BCUT2D eigenvalue weighted by Crippen LogP contribution is -2.17. The zero-order valence-corrected chi connectivity index (χ0v) is 10.1. The van der Waals surface area contributed by atoms with Crippen LogP contribution in [-0.4, -0.2) is 26.2 Å². The third-order valence-electron chi connectivity index (χ3n) is 2.99. The van der Waals surface area contributed by atoms with E-state index in [4.69, 9.17) is 4.74 Å². The molecule has 1 aromatic carbocycles. The van der Waals surface area contributed by atoms with Gasteiger partial charge in [0, 0.05) is 18.3 Å². The summed E-state index contributed by atoms with van der Waals surface area (Å²) in [6, 6.07) is 5.03. The molecule has 0 aliphatic carbocycles. The van der Waals surface area contributed by atoms with Crippen LogP contribution < -0.4 is 15.4 Å². The van der Waals surface area contributed by atoms with E-state index in [1.54, 1.807) is 6.07 Å². The summed E-state index contributed by atoms with van der Waals surface area (Å²) in [6.45, 7) is 5.35. The van der Waals surface area contributed by atoms with Gasteiger partial charge in [-0.3, -0.25) is 0 Å². The lowest BCUT2D eigenvalue weighted by atomic mass is 10.1. The van der Waals surface area contributed by atoms with Crippen LogP contribution in [0.15, 0.2) is 18.2 Å². The van der Waals surface area contributed by atoms with E-state index in [1.807, 2.05) is 13.0 Å². The number of halogens is 1. The summed E-state index contributed by atoms with van der Waals surface area (Å²) in [5.41, 5.74) is 0.817. The van der Waals surface area contributed by atoms with Gasteiger partial charge in [-0.1, -0.05) is 0 Å². The normalized spacial score (nSPS) is 19.3. The Morgan fingerprint density at radius 1 is 1.53 bits per heavy atom. The molecule has 1 aliphatic rings. The van der Waals surface area contributed by atoms with Gasteiger partial charge in [-0.2, -0.15) is 0 Å². The fourth-order valence-corrected chi connectivity index (χ4v) is 2.03. The summed E-state index contributed by atoms with van der Waals surface area (Å²) in [5, 5.41) is 6.57. The molecule has 1 unspecified atom stereocenters. The monoisotopic (exact) mass is 238 g/mol. The van der Waals surface area contributed by atoms with E-state index in [2.05, 4.69) is 10.6 Å². The number of anilines is 1. The van der Waals surface area contributed by atoms with E-state index in [0.717, 1.165) is 25.3 Å². The molecule has 0 aromatic heterocycles. The van der Waals surface area contributed by atoms with Crippen molar-refractivity contribution >= 4 is 5.69 Å². The van der Waals surface area contributed by atoms with E-state index < -0.39 is 0 Å². The minimum Gasteiger partial charge on any atom is -0.491 e. The van der Waals surface area contributed by atoms with E-state index >= 15 is 0 Å². The zero-order valence-electron chi connectivity index (χ0n) is 10.1. The maximum atomic E-state index is 13.6. The van der Waals surface area contributed by atoms with Crippen LogP contribution in [-0.2, 0) is 0 Å². The van der Waals surface area contributed by atoms with Crippen molar-refractivity contribution < 1.29 is 9.13 Å². The van der Waals surface area contributed by atoms with Gasteiger partial charge < -0.3 is 15.4 Å². The van der Waals surface area contributed by atoms with Gasteiger partial charge >= 0.3 is 0 Å². The number of rotatable bonds is 5. The lowest BCUT2D eigenvalue weighted by molar-refractivity contribution is 0.321. The molecule has 1 aromatic rings. The van der Waals surface area contributed by atoms with Gasteiger partial charge in [-0.25, -0.2) is 4.39 Å². The molecule has 0 spiro atoms. The van der Waals surface area contributed by atoms with E-state index in [9.17, 15) is 4.39 Å². The van der Waals surface area contributed by atoms with Gasteiger partial charge in [-0.15, -0.1) is 0 Å². The van der Waals surface area contributed by atoms with Crippen molar-refractivity contribution in [3.8, 4) is 5.75 Å². The van der Waals surface area contributed by atoms with Crippen LogP contribution in [0, 0.1) is 11.7 Å². The highest BCUT2D eigenvalue weighted by Gasteiger charge is 2.14. The van der Waals surface area contributed by atoms with Crippen molar-refractivity contribution in [2.75, 3.05) is 31.6 Å². The van der Waals surface area contributed by atoms with Crippen LogP contribution in [0.2, 0.25) is 0 Å². The summed E-state index contributed by atoms with van der Waals surface area (Å²) >= 11 is 0. The lowest BCUT2D eigenvalue weighted by Gasteiger charge is -2.12. The number of ether oxygens (including phenoxy) is 1. The minimum absolute atomic E-state index is 0.304. The maximum absolute atomic E-state index is 13.6. The topological polar surface area (TPSA) is 33.3 Å². The molecule has 1 heterocycles. The molecule has 3 nitrogen and oxygen atoms in total. The molecule has 1 atom stereocenters. The van der Waals surface area contributed by atoms with Gasteiger partial charge in [-0.05, 0) is 44.5 Å². The number of hydrogen-bond donors (Lipinski definition) is 2. The van der Waals surface area contributed by atoms with E-state index in [-0.39, 0.29) is 5.82 Å². The summed E-state index contributed by atoms with van der Waals surface area (Å²) in [7, 11) is 0. The first-order valence-electron chi connectivity index (χ1n) is 6.16. The Bertz CT molecular complexity index is 364. The Kier molecular flexibility index (Phi) is 4.20. The van der Waals surface area contributed by atoms with Crippen molar-refractivity contribution in [2.45, 2.75) is 13.3 Å². The second kappa shape index (κ2) is 5.87. The SMILES string of the molecule is CCOc1ccc(NCC2CCNC2)cc1F.